The van der Waals surface area contributed by atoms with E-state index in [2.05, 4.69) is 129 Å². The highest BCUT2D eigenvalue weighted by Gasteiger charge is 2.41. The Balaban J connectivity index is 2.05. The lowest BCUT2D eigenvalue weighted by molar-refractivity contribution is 0.744. The van der Waals surface area contributed by atoms with Gasteiger partial charge in [-0.1, -0.05) is 129 Å². The average molecular weight is 381 g/mol. The molecule has 1 aliphatic carbocycles. The van der Waals surface area contributed by atoms with Gasteiger partial charge < -0.3 is 0 Å². The molecule has 0 saturated heterocycles. The van der Waals surface area contributed by atoms with Crippen molar-refractivity contribution < 1.29 is 0 Å². The van der Waals surface area contributed by atoms with Crippen LogP contribution in [0.25, 0.3) is 0 Å². The van der Waals surface area contributed by atoms with Crippen LogP contribution >= 0.6 is 0 Å². The molecule has 0 radical (unpaired) electrons. The smallest absolute Gasteiger partial charge is 0.0698 e. The van der Waals surface area contributed by atoms with Gasteiger partial charge in [0.25, 0.3) is 0 Å². The second-order valence-electron chi connectivity index (χ2n) is 8.72. The normalized spacial score (nSPS) is 16.8. The Bertz CT molecular complexity index is 880. The van der Waals surface area contributed by atoms with Crippen molar-refractivity contribution in [1.82, 2.24) is 0 Å². The Labute approximate surface area is 170 Å². The Kier molecular flexibility index (Phi) is 4.95. The van der Waals surface area contributed by atoms with Crippen molar-refractivity contribution in [3.8, 4) is 0 Å². The van der Waals surface area contributed by atoms with Crippen LogP contribution < -0.4 is 0 Å². The number of hydrogen-bond donors (Lipinski definition) is 0. The van der Waals surface area contributed by atoms with E-state index in [1.807, 2.05) is 0 Å². The van der Waals surface area contributed by atoms with E-state index in [0.29, 0.717) is 5.54 Å². The van der Waals surface area contributed by atoms with Gasteiger partial charge in [0.05, 0.1) is 13.5 Å². The number of hydrogen-bond acceptors (Lipinski definition) is 0. The summed E-state index contributed by atoms with van der Waals surface area (Å²) in [6.07, 6.45) is 7.36. The predicted molar refractivity (Wildman–Crippen MR) is 124 cm³/mol. The third-order valence-corrected chi connectivity index (χ3v) is 8.25. The molecule has 1 unspecified atom stereocenters. The number of rotatable bonds is 5. The van der Waals surface area contributed by atoms with E-state index >= 15 is 0 Å². The van der Waals surface area contributed by atoms with Crippen molar-refractivity contribution >= 4 is 8.07 Å². The quantitative estimate of drug-likeness (QED) is 0.323. The van der Waals surface area contributed by atoms with Crippen molar-refractivity contribution in [2.24, 2.45) is 0 Å². The lowest BCUT2D eigenvalue weighted by Gasteiger charge is -2.37. The van der Waals surface area contributed by atoms with Crippen LogP contribution in [0.15, 0.2) is 115 Å². The van der Waals surface area contributed by atoms with E-state index in [4.69, 9.17) is 0 Å². The highest BCUT2D eigenvalue weighted by Crippen LogP contribution is 2.49. The van der Waals surface area contributed by atoms with Gasteiger partial charge in [0.15, 0.2) is 0 Å². The molecular weight excluding hydrogens is 352 g/mol. The van der Waals surface area contributed by atoms with Gasteiger partial charge in [-0.15, -0.1) is 0 Å². The maximum atomic E-state index is 2.54. The molecule has 4 rings (SSSR count). The highest BCUT2D eigenvalue weighted by molar-refractivity contribution is 6.78. The first-order chi connectivity index (χ1) is 13.5. The minimum atomic E-state index is -1.31. The van der Waals surface area contributed by atoms with Gasteiger partial charge >= 0.3 is 0 Å². The lowest BCUT2D eigenvalue weighted by atomic mass is 9.65. The van der Waals surface area contributed by atoms with Crippen molar-refractivity contribution in [3.63, 3.8) is 0 Å². The van der Waals surface area contributed by atoms with Gasteiger partial charge in [-0.05, 0) is 27.8 Å². The molecule has 0 N–H and O–H groups in total. The molecule has 3 aromatic rings. The monoisotopic (exact) mass is 380 g/mol. The molecule has 1 heteroatoms. The Morgan fingerprint density at radius 3 is 1.32 bits per heavy atom. The second kappa shape index (κ2) is 7.41. The molecular formula is C27H28Si. The maximum Gasteiger partial charge on any atom is 0.0698 e. The summed E-state index contributed by atoms with van der Waals surface area (Å²) in [7, 11) is -1.31. The largest absolute Gasteiger partial charge is 0.0800 e. The van der Waals surface area contributed by atoms with Gasteiger partial charge in [-0.25, -0.2) is 0 Å². The van der Waals surface area contributed by atoms with Crippen molar-refractivity contribution in [2.45, 2.75) is 30.6 Å². The first-order valence-electron chi connectivity index (χ1n) is 10.1. The van der Waals surface area contributed by atoms with E-state index in [1.165, 1.54) is 22.3 Å². The topological polar surface area (TPSA) is 0 Å². The molecule has 0 spiro atoms. The number of benzene rings is 3. The summed E-state index contributed by atoms with van der Waals surface area (Å²) in [5.41, 5.74) is 5.62. The van der Waals surface area contributed by atoms with Crippen LogP contribution in [0, 0.1) is 0 Å². The van der Waals surface area contributed by atoms with Crippen LogP contribution in [-0.4, -0.2) is 8.07 Å². The van der Waals surface area contributed by atoms with E-state index < -0.39 is 8.07 Å². The van der Waals surface area contributed by atoms with Crippen molar-refractivity contribution in [2.75, 3.05) is 0 Å². The molecule has 0 aliphatic heterocycles. The molecule has 3 aromatic carbocycles. The zero-order chi connectivity index (χ0) is 19.6. The highest BCUT2D eigenvalue weighted by atomic mass is 28.3. The van der Waals surface area contributed by atoms with Gasteiger partial charge in [-0.2, -0.15) is 0 Å². The van der Waals surface area contributed by atoms with Crippen LogP contribution in [0.4, 0.5) is 0 Å². The zero-order valence-corrected chi connectivity index (χ0v) is 18.0. The van der Waals surface area contributed by atoms with Gasteiger partial charge in [0.2, 0.25) is 0 Å². The van der Waals surface area contributed by atoms with Crippen LogP contribution in [-0.2, 0) is 5.41 Å². The minimum absolute atomic E-state index is 0.297. The summed E-state index contributed by atoms with van der Waals surface area (Å²) >= 11 is 0. The third-order valence-electron chi connectivity index (χ3n) is 5.90. The summed E-state index contributed by atoms with van der Waals surface area (Å²) in [5.74, 6) is 0. The molecule has 0 heterocycles. The summed E-state index contributed by atoms with van der Waals surface area (Å²) in [6.45, 7) is 7.37. The van der Waals surface area contributed by atoms with Gasteiger partial charge in [0.1, 0.15) is 0 Å². The summed E-state index contributed by atoms with van der Waals surface area (Å²) in [6, 6.07) is 32.9. The number of allylic oxidation sites excluding steroid dienone is 4. The van der Waals surface area contributed by atoms with Gasteiger partial charge in [-0.3, -0.25) is 0 Å². The van der Waals surface area contributed by atoms with Crippen molar-refractivity contribution in [1.29, 1.82) is 0 Å². The molecule has 0 aromatic heterocycles. The maximum absolute atomic E-state index is 2.54. The molecule has 1 atom stereocenters. The molecule has 28 heavy (non-hydrogen) atoms. The second-order valence-corrected chi connectivity index (χ2v) is 14.1. The summed E-state index contributed by atoms with van der Waals surface area (Å²) < 4.78 is 0. The fraction of sp³-hybridized carbons (Fsp3) is 0.185. The fourth-order valence-corrected chi connectivity index (χ4v) is 5.72. The van der Waals surface area contributed by atoms with E-state index in [1.54, 1.807) is 0 Å². The lowest BCUT2D eigenvalue weighted by Crippen LogP contribution is -2.31. The molecule has 1 aliphatic rings. The first-order valence-corrected chi connectivity index (χ1v) is 13.7. The van der Waals surface area contributed by atoms with Crippen LogP contribution in [0.5, 0.6) is 0 Å². The summed E-state index contributed by atoms with van der Waals surface area (Å²) in [4.78, 5) is 0. The van der Waals surface area contributed by atoms with E-state index in [0.717, 1.165) is 0 Å². The SMILES string of the molecule is C[Si](C)(C)C1C=CC(C(c2ccccc2)(c2ccccc2)c2ccccc2)=C1. The molecule has 0 saturated carbocycles. The Hall–Kier alpha value is -2.64. The molecule has 0 bridgehead atoms. The van der Waals surface area contributed by atoms with E-state index in [-0.39, 0.29) is 5.41 Å². The standard InChI is InChI=1S/C27H28Si/c1-28(2,3)26-20-19-25(21-26)27(22-13-7-4-8-14-22,23-15-9-5-10-16-23)24-17-11-6-12-18-24/h4-21,26H,1-3H3. The molecule has 140 valence electrons. The van der Waals surface area contributed by atoms with Crippen LogP contribution in [0.3, 0.4) is 0 Å². The van der Waals surface area contributed by atoms with Crippen molar-refractivity contribution in [3.05, 3.63) is 131 Å². The summed E-state index contributed by atoms with van der Waals surface area (Å²) in [5, 5.41) is 0. The Morgan fingerprint density at radius 1 is 0.607 bits per heavy atom. The van der Waals surface area contributed by atoms with Gasteiger partial charge in [0, 0.05) is 0 Å². The molecule has 0 fully saturated rings. The zero-order valence-electron chi connectivity index (χ0n) is 17.0. The average Bonchev–Trinajstić information content (AvgIpc) is 3.22. The van der Waals surface area contributed by atoms with E-state index in [9.17, 15) is 0 Å². The molecule has 0 amide bonds. The molecule has 0 nitrogen and oxygen atoms in total. The third kappa shape index (κ3) is 3.20. The first kappa shape index (κ1) is 18.7. The Morgan fingerprint density at radius 2 is 1.00 bits per heavy atom. The minimum Gasteiger partial charge on any atom is -0.0800 e. The van der Waals surface area contributed by atoms with Crippen LogP contribution in [0.2, 0.25) is 25.2 Å². The predicted octanol–water partition coefficient (Wildman–Crippen LogP) is 7.23. The fourth-order valence-electron chi connectivity index (χ4n) is 4.37. The van der Waals surface area contributed by atoms with Crippen LogP contribution in [0.1, 0.15) is 16.7 Å².